The molecule has 1 amide bonds. The van der Waals surface area contributed by atoms with Crippen molar-refractivity contribution in [1.82, 2.24) is 9.80 Å². The third-order valence-corrected chi connectivity index (χ3v) is 2.83. The van der Waals surface area contributed by atoms with Gasteiger partial charge in [-0.3, -0.25) is 14.5 Å². The summed E-state index contributed by atoms with van der Waals surface area (Å²) >= 11 is 0. The molecular weight excluding hydrogens is 253 g/mol. The van der Waals surface area contributed by atoms with E-state index < -0.39 is 23.6 Å². The topological polar surface area (TPSA) is 60.9 Å². The first-order valence-corrected chi connectivity index (χ1v) is 5.37. The molecule has 1 aliphatic rings. The van der Waals surface area contributed by atoms with Crippen LogP contribution in [0.5, 0.6) is 0 Å². The number of aliphatic carboxylic acids is 1. The maximum Gasteiger partial charge on any atom is 0.471 e. The Balaban J connectivity index is 2.77. The molecule has 0 aromatic rings. The lowest BCUT2D eigenvalue weighted by atomic mass is 9.98. The quantitative estimate of drug-likeness (QED) is 0.794. The van der Waals surface area contributed by atoms with E-state index in [4.69, 9.17) is 5.11 Å². The number of rotatable bonds is 2. The minimum absolute atomic E-state index is 0.0983. The highest BCUT2D eigenvalue weighted by molar-refractivity contribution is 5.82. The molecule has 1 fully saturated rings. The fourth-order valence-corrected chi connectivity index (χ4v) is 2.11. The van der Waals surface area contributed by atoms with Crippen LogP contribution in [-0.4, -0.2) is 64.7 Å². The summed E-state index contributed by atoms with van der Waals surface area (Å²) in [4.78, 5) is 24.1. The van der Waals surface area contributed by atoms with Crippen LogP contribution < -0.4 is 0 Å². The van der Waals surface area contributed by atoms with E-state index in [0.29, 0.717) is 0 Å². The number of carbonyl (C=O) groups excluding carboxylic acids is 1. The van der Waals surface area contributed by atoms with E-state index in [0.717, 1.165) is 4.90 Å². The number of nitrogens with zero attached hydrogens (tertiary/aromatic N) is 2. The summed E-state index contributed by atoms with van der Waals surface area (Å²) in [6.45, 7) is 2.84. The van der Waals surface area contributed by atoms with Crippen molar-refractivity contribution in [3.05, 3.63) is 0 Å². The number of halogens is 3. The standard InChI is InChI=1S/C10H15F3N2O3/c1-9(2)6-14(5-7(16)17)3-4-15(9)8(18)10(11,12)13/h3-6H2,1-2H3,(H,16,17). The van der Waals surface area contributed by atoms with E-state index in [-0.39, 0.29) is 26.2 Å². The summed E-state index contributed by atoms with van der Waals surface area (Å²) < 4.78 is 37.2. The predicted octanol–water partition coefficient (Wildman–Crippen LogP) is 0.556. The van der Waals surface area contributed by atoms with Crippen LogP contribution in [0.2, 0.25) is 0 Å². The maximum atomic E-state index is 12.4. The molecule has 1 rings (SSSR count). The molecular formula is C10H15F3N2O3. The van der Waals surface area contributed by atoms with Crippen molar-refractivity contribution in [2.45, 2.75) is 25.6 Å². The molecule has 5 nitrogen and oxygen atoms in total. The molecule has 1 aliphatic heterocycles. The van der Waals surface area contributed by atoms with E-state index in [1.165, 1.54) is 18.7 Å². The molecule has 1 saturated heterocycles. The van der Waals surface area contributed by atoms with Crippen molar-refractivity contribution >= 4 is 11.9 Å². The van der Waals surface area contributed by atoms with Gasteiger partial charge in [0.25, 0.3) is 0 Å². The minimum atomic E-state index is -4.90. The molecule has 18 heavy (non-hydrogen) atoms. The predicted molar refractivity (Wildman–Crippen MR) is 55.9 cm³/mol. The average molecular weight is 268 g/mol. The molecule has 1 heterocycles. The molecule has 0 atom stereocenters. The zero-order chi connectivity index (χ0) is 14.1. The summed E-state index contributed by atoms with van der Waals surface area (Å²) in [5.74, 6) is -2.91. The first-order valence-electron chi connectivity index (χ1n) is 5.37. The van der Waals surface area contributed by atoms with Gasteiger partial charge in [0.15, 0.2) is 0 Å². The van der Waals surface area contributed by atoms with E-state index in [1.807, 2.05) is 0 Å². The Kier molecular flexibility index (Phi) is 3.89. The zero-order valence-electron chi connectivity index (χ0n) is 10.1. The second-order valence-corrected chi connectivity index (χ2v) is 4.87. The van der Waals surface area contributed by atoms with Crippen LogP contribution in [0, 0.1) is 0 Å². The summed E-state index contributed by atoms with van der Waals surface area (Å²) in [5.41, 5.74) is -1.04. The highest BCUT2D eigenvalue weighted by Gasteiger charge is 2.48. The Morgan fingerprint density at radius 3 is 2.22 bits per heavy atom. The lowest BCUT2D eigenvalue weighted by Crippen LogP contribution is -2.63. The van der Waals surface area contributed by atoms with Crippen LogP contribution in [0.15, 0.2) is 0 Å². The molecule has 0 saturated carbocycles. The fraction of sp³-hybridized carbons (Fsp3) is 0.800. The van der Waals surface area contributed by atoms with E-state index in [9.17, 15) is 22.8 Å². The Bertz CT molecular complexity index is 355. The lowest BCUT2D eigenvalue weighted by Gasteiger charge is -2.46. The first kappa shape index (κ1) is 14.7. The van der Waals surface area contributed by atoms with Gasteiger partial charge in [-0.05, 0) is 13.8 Å². The number of carbonyl (C=O) groups is 2. The van der Waals surface area contributed by atoms with E-state index >= 15 is 0 Å². The second-order valence-electron chi connectivity index (χ2n) is 4.87. The number of hydrogen-bond donors (Lipinski definition) is 1. The van der Waals surface area contributed by atoms with Gasteiger partial charge < -0.3 is 10.0 Å². The molecule has 0 spiro atoms. The van der Waals surface area contributed by atoms with Gasteiger partial charge in [-0.25, -0.2) is 0 Å². The molecule has 8 heteroatoms. The SMILES string of the molecule is CC1(C)CN(CC(=O)O)CCN1C(=O)C(F)(F)F. The Morgan fingerprint density at radius 1 is 1.28 bits per heavy atom. The average Bonchev–Trinajstić information content (AvgIpc) is 2.12. The highest BCUT2D eigenvalue weighted by atomic mass is 19.4. The monoisotopic (exact) mass is 268 g/mol. The van der Waals surface area contributed by atoms with Crippen molar-refractivity contribution in [1.29, 1.82) is 0 Å². The normalized spacial score (nSPS) is 20.8. The smallest absolute Gasteiger partial charge is 0.471 e. The molecule has 0 unspecified atom stereocenters. The van der Waals surface area contributed by atoms with Crippen molar-refractivity contribution in [3.8, 4) is 0 Å². The Hall–Kier alpha value is -1.31. The third kappa shape index (κ3) is 3.34. The molecule has 0 aromatic heterocycles. The van der Waals surface area contributed by atoms with Gasteiger partial charge in [0.1, 0.15) is 0 Å². The molecule has 104 valence electrons. The zero-order valence-corrected chi connectivity index (χ0v) is 10.1. The largest absolute Gasteiger partial charge is 0.480 e. The second kappa shape index (κ2) is 4.75. The molecule has 1 N–H and O–H groups in total. The number of carboxylic acid groups (broad SMARTS) is 1. The first-order chi connectivity index (χ1) is 8.04. The summed E-state index contributed by atoms with van der Waals surface area (Å²) in [5, 5.41) is 8.64. The number of amides is 1. The maximum absolute atomic E-state index is 12.4. The highest BCUT2D eigenvalue weighted by Crippen LogP contribution is 2.27. The van der Waals surface area contributed by atoms with Crippen LogP contribution >= 0.6 is 0 Å². The van der Waals surface area contributed by atoms with Crippen molar-refractivity contribution < 1.29 is 27.9 Å². The summed E-state index contributed by atoms with van der Waals surface area (Å²) in [7, 11) is 0. The van der Waals surface area contributed by atoms with Gasteiger partial charge in [-0.2, -0.15) is 13.2 Å². The fourth-order valence-electron chi connectivity index (χ4n) is 2.11. The number of carboxylic acids is 1. The van der Waals surface area contributed by atoms with Gasteiger partial charge in [0.05, 0.1) is 12.1 Å². The Morgan fingerprint density at radius 2 is 1.83 bits per heavy atom. The van der Waals surface area contributed by atoms with E-state index in [1.54, 1.807) is 0 Å². The van der Waals surface area contributed by atoms with Crippen molar-refractivity contribution in [2.24, 2.45) is 0 Å². The van der Waals surface area contributed by atoms with Gasteiger partial charge in [0, 0.05) is 19.6 Å². The van der Waals surface area contributed by atoms with Crippen LogP contribution in [0.4, 0.5) is 13.2 Å². The molecule has 0 aliphatic carbocycles. The number of piperazine rings is 1. The van der Waals surface area contributed by atoms with Crippen LogP contribution in [0.3, 0.4) is 0 Å². The molecule has 0 aromatic carbocycles. The van der Waals surface area contributed by atoms with E-state index in [2.05, 4.69) is 0 Å². The minimum Gasteiger partial charge on any atom is -0.480 e. The lowest BCUT2D eigenvalue weighted by molar-refractivity contribution is -0.194. The third-order valence-electron chi connectivity index (χ3n) is 2.83. The van der Waals surface area contributed by atoms with Crippen molar-refractivity contribution in [2.75, 3.05) is 26.2 Å². The van der Waals surface area contributed by atoms with Gasteiger partial charge in [-0.1, -0.05) is 0 Å². The molecule has 0 radical (unpaired) electrons. The van der Waals surface area contributed by atoms with Gasteiger partial charge in [-0.15, -0.1) is 0 Å². The van der Waals surface area contributed by atoms with Gasteiger partial charge in [0.2, 0.25) is 0 Å². The summed E-state index contributed by atoms with van der Waals surface area (Å²) in [6.07, 6.45) is -4.90. The number of hydrogen-bond acceptors (Lipinski definition) is 3. The summed E-state index contributed by atoms with van der Waals surface area (Å²) in [6, 6.07) is 0. The van der Waals surface area contributed by atoms with Crippen LogP contribution in [0.1, 0.15) is 13.8 Å². The van der Waals surface area contributed by atoms with Crippen molar-refractivity contribution in [3.63, 3.8) is 0 Å². The van der Waals surface area contributed by atoms with Crippen LogP contribution in [0.25, 0.3) is 0 Å². The van der Waals surface area contributed by atoms with Gasteiger partial charge >= 0.3 is 18.1 Å². The molecule has 0 bridgehead atoms. The van der Waals surface area contributed by atoms with Crippen LogP contribution in [-0.2, 0) is 9.59 Å². The number of alkyl halides is 3. The Labute approximate surface area is 102 Å².